The van der Waals surface area contributed by atoms with Gasteiger partial charge in [-0.05, 0) is 45.2 Å². The van der Waals surface area contributed by atoms with Gasteiger partial charge in [-0.1, -0.05) is 0 Å². The summed E-state index contributed by atoms with van der Waals surface area (Å²) in [5, 5.41) is 13.3. The lowest BCUT2D eigenvalue weighted by atomic mass is 9.92. The number of rotatable bonds is 3. The first-order valence-electron chi connectivity index (χ1n) is 5.66. The van der Waals surface area contributed by atoms with E-state index >= 15 is 0 Å². The highest BCUT2D eigenvalue weighted by Gasteiger charge is 2.19. The van der Waals surface area contributed by atoms with Gasteiger partial charge in [0.25, 0.3) is 0 Å². The van der Waals surface area contributed by atoms with E-state index in [-0.39, 0.29) is 0 Å². The van der Waals surface area contributed by atoms with Gasteiger partial charge in [0.05, 0.1) is 0 Å². The van der Waals surface area contributed by atoms with Crippen molar-refractivity contribution in [1.82, 2.24) is 15.3 Å². The minimum absolute atomic E-state index is 0.429. The summed E-state index contributed by atoms with van der Waals surface area (Å²) in [6.45, 7) is 4.11. The van der Waals surface area contributed by atoms with Gasteiger partial charge in [0.15, 0.2) is 0 Å². The van der Waals surface area contributed by atoms with E-state index in [1.165, 1.54) is 0 Å². The standard InChI is InChI=1S/C11H19N3O/c1-8-7-13-11(14-8)10(15)6-9-2-4-12-5-3-9/h7,9-10,12,15H,2-6H2,1H3,(H,13,14). The normalized spacial score (nSPS) is 20.4. The molecule has 1 aromatic heterocycles. The van der Waals surface area contributed by atoms with Crippen LogP contribution >= 0.6 is 0 Å². The van der Waals surface area contributed by atoms with Crippen molar-refractivity contribution >= 4 is 0 Å². The van der Waals surface area contributed by atoms with Crippen LogP contribution in [0.1, 0.15) is 36.9 Å². The Morgan fingerprint density at radius 2 is 2.27 bits per heavy atom. The number of piperidine rings is 1. The van der Waals surface area contributed by atoms with Crippen molar-refractivity contribution in [3.8, 4) is 0 Å². The van der Waals surface area contributed by atoms with Crippen LogP contribution in [0.5, 0.6) is 0 Å². The molecule has 0 bridgehead atoms. The zero-order chi connectivity index (χ0) is 10.7. The van der Waals surface area contributed by atoms with E-state index in [4.69, 9.17) is 0 Å². The summed E-state index contributed by atoms with van der Waals surface area (Å²) in [6.07, 6.45) is 4.49. The molecule has 0 saturated carbocycles. The summed E-state index contributed by atoms with van der Waals surface area (Å²) in [5.74, 6) is 1.35. The Labute approximate surface area is 90.1 Å². The van der Waals surface area contributed by atoms with Gasteiger partial charge in [-0.2, -0.15) is 0 Å². The Hall–Kier alpha value is -0.870. The third-order valence-electron chi connectivity index (χ3n) is 3.05. The first-order valence-corrected chi connectivity index (χ1v) is 5.66. The van der Waals surface area contributed by atoms with Crippen LogP contribution in [0.2, 0.25) is 0 Å². The highest BCUT2D eigenvalue weighted by Crippen LogP contribution is 2.24. The van der Waals surface area contributed by atoms with Crippen molar-refractivity contribution in [3.63, 3.8) is 0 Å². The first-order chi connectivity index (χ1) is 7.25. The third-order valence-corrected chi connectivity index (χ3v) is 3.05. The van der Waals surface area contributed by atoms with Crippen LogP contribution in [0.25, 0.3) is 0 Å². The van der Waals surface area contributed by atoms with Crippen LogP contribution in [0.4, 0.5) is 0 Å². The molecule has 84 valence electrons. The number of aromatic amines is 1. The molecule has 0 amide bonds. The molecule has 0 radical (unpaired) electrons. The van der Waals surface area contributed by atoms with Crippen molar-refractivity contribution in [1.29, 1.82) is 0 Å². The Morgan fingerprint density at radius 1 is 1.53 bits per heavy atom. The summed E-state index contributed by atoms with van der Waals surface area (Å²) >= 11 is 0. The fourth-order valence-corrected chi connectivity index (χ4v) is 2.15. The van der Waals surface area contributed by atoms with Crippen molar-refractivity contribution in [2.75, 3.05) is 13.1 Å². The van der Waals surface area contributed by atoms with E-state index in [0.29, 0.717) is 11.7 Å². The van der Waals surface area contributed by atoms with Gasteiger partial charge in [-0.15, -0.1) is 0 Å². The summed E-state index contributed by atoms with van der Waals surface area (Å²) in [7, 11) is 0. The molecule has 4 heteroatoms. The Balaban J connectivity index is 1.88. The average molecular weight is 209 g/mol. The van der Waals surface area contributed by atoms with E-state index in [2.05, 4.69) is 15.3 Å². The molecule has 1 aliphatic rings. The number of aliphatic hydroxyl groups excluding tert-OH is 1. The number of nitrogens with one attached hydrogen (secondary N) is 2. The van der Waals surface area contributed by atoms with Gasteiger partial charge in [0, 0.05) is 11.9 Å². The Bertz CT molecular complexity index is 305. The van der Waals surface area contributed by atoms with Crippen LogP contribution < -0.4 is 5.32 Å². The molecular formula is C11H19N3O. The average Bonchev–Trinajstić information content (AvgIpc) is 2.66. The third kappa shape index (κ3) is 2.79. The number of aliphatic hydroxyl groups is 1. The van der Waals surface area contributed by atoms with Crippen LogP contribution in [0.15, 0.2) is 6.20 Å². The van der Waals surface area contributed by atoms with E-state index in [0.717, 1.165) is 38.0 Å². The van der Waals surface area contributed by atoms with Crippen LogP contribution in [-0.2, 0) is 0 Å². The molecule has 0 spiro atoms. The van der Waals surface area contributed by atoms with Crippen molar-refractivity contribution < 1.29 is 5.11 Å². The van der Waals surface area contributed by atoms with Gasteiger partial charge in [-0.25, -0.2) is 4.98 Å². The summed E-state index contributed by atoms with van der Waals surface area (Å²) in [4.78, 5) is 7.25. The predicted molar refractivity (Wildman–Crippen MR) is 58.5 cm³/mol. The van der Waals surface area contributed by atoms with Gasteiger partial charge in [0.1, 0.15) is 11.9 Å². The zero-order valence-corrected chi connectivity index (χ0v) is 9.16. The summed E-state index contributed by atoms with van der Waals surface area (Å²) in [6, 6.07) is 0. The second kappa shape index (κ2) is 4.77. The highest BCUT2D eigenvalue weighted by atomic mass is 16.3. The molecular weight excluding hydrogens is 190 g/mol. The molecule has 1 unspecified atom stereocenters. The van der Waals surface area contributed by atoms with E-state index in [1.807, 2.05) is 6.92 Å². The second-order valence-electron chi connectivity index (χ2n) is 4.40. The molecule has 1 fully saturated rings. The van der Waals surface area contributed by atoms with Gasteiger partial charge >= 0.3 is 0 Å². The monoisotopic (exact) mass is 209 g/mol. The lowest BCUT2D eigenvalue weighted by molar-refractivity contribution is 0.126. The summed E-state index contributed by atoms with van der Waals surface area (Å²) in [5.41, 5.74) is 1.01. The van der Waals surface area contributed by atoms with E-state index in [9.17, 15) is 5.11 Å². The molecule has 2 rings (SSSR count). The molecule has 1 saturated heterocycles. The molecule has 1 atom stereocenters. The van der Waals surface area contributed by atoms with Crippen LogP contribution in [0.3, 0.4) is 0 Å². The minimum Gasteiger partial charge on any atom is -0.385 e. The highest BCUT2D eigenvalue weighted by molar-refractivity contribution is 5.01. The zero-order valence-electron chi connectivity index (χ0n) is 9.16. The molecule has 2 heterocycles. The lowest BCUT2D eigenvalue weighted by Crippen LogP contribution is -2.28. The number of imidazole rings is 1. The topological polar surface area (TPSA) is 60.9 Å². The summed E-state index contributed by atoms with van der Waals surface area (Å²) < 4.78 is 0. The second-order valence-corrected chi connectivity index (χ2v) is 4.40. The van der Waals surface area contributed by atoms with E-state index < -0.39 is 6.10 Å². The quantitative estimate of drug-likeness (QED) is 0.699. The fourth-order valence-electron chi connectivity index (χ4n) is 2.15. The number of aromatic nitrogens is 2. The molecule has 1 aromatic rings. The molecule has 0 aromatic carbocycles. The van der Waals surface area contributed by atoms with Gasteiger partial charge < -0.3 is 15.4 Å². The minimum atomic E-state index is -0.429. The molecule has 15 heavy (non-hydrogen) atoms. The molecule has 4 nitrogen and oxygen atoms in total. The number of hydrogen-bond donors (Lipinski definition) is 3. The van der Waals surface area contributed by atoms with Gasteiger partial charge in [-0.3, -0.25) is 0 Å². The van der Waals surface area contributed by atoms with Gasteiger partial charge in [0.2, 0.25) is 0 Å². The smallest absolute Gasteiger partial charge is 0.135 e. The number of nitrogens with zero attached hydrogens (tertiary/aromatic N) is 1. The van der Waals surface area contributed by atoms with Crippen molar-refractivity contribution in [3.05, 3.63) is 17.7 Å². The molecule has 0 aliphatic carbocycles. The van der Waals surface area contributed by atoms with E-state index in [1.54, 1.807) is 6.20 Å². The Kier molecular flexibility index (Phi) is 3.38. The lowest BCUT2D eigenvalue weighted by Gasteiger charge is -2.24. The SMILES string of the molecule is Cc1cnc(C(O)CC2CCNCC2)[nH]1. The molecule has 3 N–H and O–H groups in total. The fraction of sp³-hybridized carbons (Fsp3) is 0.727. The number of aryl methyl sites for hydroxylation is 1. The molecule has 1 aliphatic heterocycles. The maximum atomic E-state index is 9.97. The number of hydrogen-bond acceptors (Lipinski definition) is 3. The number of H-pyrrole nitrogens is 1. The van der Waals surface area contributed by atoms with Crippen molar-refractivity contribution in [2.45, 2.75) is 32.3 Å². The maximum absolute atomic E-state index is 9.97. The first kappa shape index (κ1) is 10.6. The predicted octanol–water partition coefficient (Wildman–Crippen LogP) is 1.14. The largest absolute Gasteiger partial charge is 0.385 e. The maximum Gasteiger partial charge on any atom is 0.135 e. The Morgan fingerprint density at radius 3 is 2.87 bits per heavy atom. The van der Waals surface area contributed by atoms with Crippen LogP contribution in [-0.4, -0.2) is 28.2 Å². The van der Waals surface area contributed by atoms with Crippen LogP contribution in [0, 0.1) is 12.8 Å². The van der Waals surface area contributed by atoms with Crippen molar-refractivity contribution in [2.24, 2.45) is 5.92 Å².